The standard InChI is InChI=1S/C11H14NO3PS/c1-3-7-11(12-14-2)15-16(13,17)10-8-5-4-6-9-10/h3-9H,1-2H3,(H,13,17)/b7-3+,12-11?. The van der Waals surface area contributed by atoms with E-state index in [0.29, 0.717) is 5.30 Å². The van der Waals surface area contributed by atoms with E-state index in [1.54, 1.807) is 43.3 Å². The Kier molecular flexibility index (Phi) is 5.35. The lowest BCUT2D eigenvalue weighted by atomic mass is 10.4. The van der Waals surface area contributed by atoms with E-state index in [9.17, 15) is 4.89 Å². The maximum Gasteiger partial charge on any atom is 0.268 e. The molecule has 0 bridgehead atoms. The SMILES string of the molecule is C/C=C/C(=NOC)OP(O)(=S)c1ccccc1. The van der Waals surface area contributed by atoms with Gasteiger partial charge in [0.15, 0.2) is 0 Å². The van der Waals surface area contributed by atoms with Crippen molar-refractivity contribution in [2.24, 2.45) is 5.16 Å². The van der Waals surface area contributed by atoms with Gasteiger partial charge in [-0.05, 0) is 42.1 Å². The Labute approximate surface area is 106 Å². The van der Waals surface area contributed by atoms with Gasteiger partial charge in [0.2, 0.25) is 0 Å². The first-order valence-corrected chi connectivity index (χ1v) is 7.59. The van der Waals surface area contributed by atoms with Crippen molar-refractivity contribution in [2.45, 2.75) is 6.92 Å². The third-order valence-corrected chi connectivity index (χ3v) is 4.03. The van der Waals surface area contributed by atoms with Gasteiger partial charge < -0.3 is 14.3 Å². The van der Waals surface area contributed by atoms with Crippen molar-refractivity contribution < 1.29 is 14.3 Å². The van der Waals surface area contributed by atoms with Crippen molar-refractivity contribution in [3.63, 3.8) is 0 Å². The van der Waals surface area contributed by atoms with Crippen LogP contribution in [0.3, 0.4) is 0 Å². The van der Waals surface area contributed by atoms with Gasteiger partial charge in [-0.15, -0.1) is 0 Å². The molecule has 1 aromatic carbocycles. The highest BCUT2D eigenvalue weighted by Gasteiger charge is 2.19. The van der Waals surface area contributed by atoms with E-state index in [1.165, 1.54) is 7.11 Å². The number of benzene rings is 1. The molecule has 1 rings (SSSR count). The zero-order valence-corrected chi connectivity index (χ0v) is 11.3. The zero-order chi connectivity index (χ0) is 12.7. The van der Waals surface area contributed by atoms with Gasteiger partial charge in [-0.2, -0.15) is 0 Å². The number of allylic oxidation sites excluding steroid dienone is 1. The van der Waals surface area contributed by atoms with Gasteiger partial charge in [-0.3, -0.25) is 0 Å². The summed E-state index contributed by atoms with van der Waals surface area (Å²) in [7, 11) is 1.40. The van der Waals surface area contributed by atoms with E-state index in [1.807, 2.05) is 6.07 Å². The highest BCUT2D eigenvalue weighted by molar-refractivity contribution is 8.13. The maximum atomic E-state index is 10.1. The molecular formula is C11H14NO3PS. The number of nitrogens with zero attached hydrogens (tertiary/aromatic N) is 1. The van der Waals surface area contributed by atoms with E-state index in [-0.39, 0.29) is 5.90 Å². The Hall–Kier alpha value is -1.16. The summed E-state index contributed by atoms with van der Waals surface area (Å²) < 4.78 is 5.32. The number of hydrogen-bond acceptors (Lipinski definition) is 4. The summed E-state index contributed by atoms with van der Waals surface area (Å²) in [5.74, 6) is 0.157. The predicted octanol–water partition coefficient (Wildman–Crippen LogP) is 2.17. The molecule has 0 aliphatic carbocycles. The third kappa shape index (κ3) is 4.30. The molecule has 0 radical (unpaired) electrons. The highest BCUT2D eigenvalue weighted by atomic mass is 32.5. The summed E-state index contributed by atoms with van der Waals surface area (Å²) in [6.45, 7) is -1.29. The molecule has 0 saturated carbocycles. The van der Waals surface area contributed by atoms with Gasteiger partial charge in [0.05, 0.1) is 0 Å². The van der Waals surface area contributed by atoms with Gasteiger partial charge >= 0.3 is 0 Å². The fraction of sp³-hybridized carbons (Fsp3) is 0.182. The molecule has 6 heteroatoms. The van der Waals surface area contributed by atoms with E-state index < -0.39 is 6.49 Å². The van der Waals surface area contributed by atoms with E-state index in [0.717, 1.165) is 0 Å². The molecule has 0 aliphatic rings. The molecule has 4 nitrogen and oxygen atoms in total. The van der Waals surface area contributed by atoms with Gasteiger partial charge in [-0.25, -0.2) is 0 Å². The smallest absolute Gasteiger partial charge is 0.268 e. The van der Waals surface area contributed by atoms with Crippen LogP contribution in [0.4, 0.5) is 0 Å². The van der Waals surface area contributed by atoms with Crippen molar-refractivity contribution in [2.75, 3.05) is 7.11 Å². The summed E-state index contributed by atoms with van der Waals surface area (Å²) in [6, 6.07) is 8.87. The Morgan fingerprint density at radius 1 is 1.41 bits per heavy atom. The van der Waals surface area contributed by atoms with Crippen molar-refractivity contribution in [1.82, 2.24) is 0 Å². The van der Waals surface area contributed by atoms with Crippen LogP contribution in [0.1, 0.15) is 6.92 Å². The Bertz CT molecular complexity index is 459. The van der Waals surface area contributed by atoms with Crippen molar-refractivity contribution in [1.29, 1.82) is 0 Å². The minimum atomic E-state index is -3.09. The molecule has 1 N–H and O–H groups in total. The van der Waals surface area contributed by atoms with E-state index in [2.05, 4.69) is 9.99 Å². The average molecular weight is 271 g/mol. The summed E-state index contributed by atoms with van der Waals surface area (Å²) in [6.07, 6.45) is 3.29. The summed E-state index contributed by atoms with van der Waals surface area (Å²) in [5.41, 5.74) is 0. The molecule has 0 aromatic heterocycles. The van der Waals surface area contributed by atoms with Gasteiger partial charge in [0.25, 0.3) is 12.4 Å². The van der Waals surface area contributed by atoms with Crippen LogP contribution in [0.2, 0.25) is 0 Å². The minimum Gasteiger partial charge on any atom is -0.419 e. The Morgan fingerprint density at radius 2 is 2.06 bits per heavy atom. The first kappa shape index (κ1) is 13.9. The van der Waals surface area contributed by atoms with Crippen LogP contribution in [0.5, 0.6) is 0 Å². The highest BCUT2D eigenvalue weighted by Crippen LogP contribution is 2.41. The van der Waals surface area contributed by atoms with Crippen LogP contribution in [-0.2, 0) is 21.2 Å². The van der Waals surface area contributed by atoms with Crippen LogP contribution in [-0.4, -0.2) is 17.9 Å². The normalized spacial score (nSPS) is 15.6. The monoisotopic (exact) mass is 271 g/mol. The molecule has 17 heavy (non-hydrogen) atoms. The topological polar surface area (TPSA) is 51.0 Å². The molecule has 0 amide bonds. The Morgan fingerprint density at radius 3 is 2.59 bits per heavy atom. The first-order chi connectivity index (χ1) is 8.10. The minimum absolute atomic E-state index is 0.157. The maximum absolute atomic E-state index is 10.1. The molecule has 1 unspecified atom stereocenters. The largest absolute Gasteiger partial charge is 0.419 e. The second-order valence-corrected chi connectivity index (χ2v) is 6.28. The van der Waals surface area contributed by atoms with Crippen LogP contribution >= 0.6 is 6.49 Å². The fourth-order valence-corrected chi connectivity index (χ4v) is 2.70. The average Bonchev–Trinajstić information content (AvgIpc) is 2.30. The van der Waals surface area contributed by atoms with Crippen molar-refractivity contribution >= 4 is 29.5 Å². The summed E-state index contributed by atoms with van der Waals surface area (Å²) >= 11 is 5.09. The predicted molar refractivity (Wildman–Crippen MR) is 72.9 cm³/mol. The molecule has 0 aliphatic heterocycles. The van der Waals surface area contributed by atoms with Crippen molar-refractivity contribution in [3.8, 4) is 0 Å². The molecule has 0 spiro atoms. The molecular weight excluding hydrogens is 257 g/mol. The lowest BCUT2D eigenvalue weighted by Gasteiger charge is -2.16. The van der Waals surface area contributed by atoms with Crippen LogP contribution < -0.4 is 5.30 Å². The van der Waals surface area contributed by atoms with Gasteiger partial charge in [0.1, 0.15) is 7.11 Å². The number of hydrogen-bond donors (Lipinski definition) is 1. The van der Waals surface area contributed by atoms with Gasteiger partial charge in [0, 0.05) is 5.30 Å². The molecule has 1 atom stereocenters. The molecule has 0 saturated heterocycles. The number of oxime groups is 1. The van der Waals surface area contributed by atoms with E-state index >= 15 is 0 Å². The quantitative estimate of drug-likeness (QED) is 0.394. The lowest BCUT2D eigenvalue weighted by molar-refractivity contribution is 0.206. The molecule has 0 heterocycles. The zero-order valence-electron chi connectivity index (χ0n) is 9.61. The van der Waals surface area contributed by atoms with Gasteiger partial charge in [-0.1, -0.05) is 24.3 Å². The lowest BCUT2D eigenvalue weighted by Crippen LogP contribution is -2.10. The third-order valence-electron chi connectivity index (χ3n) is 1.79. The molecule has 92 valence electrons. The second-order valence-electron chi connectivity index (χ2n) is 3.06. The van der Waals surface area contributed by atoms with Crippen molar-refractivity contribution in [3.05, 3.63) is 42.5 Å². The van der Waals surface area contributed by atoms with Crippen LogP contribution in [0.15, 0.2) is 47.6 Å². The van der Waals surface area contributed by atoms with Crippen LogP contribution in [0, 0.1) is 0 Å². The second kappa shape index (κ2) is 6.55. The Balaban J connectivity index is 2.93. The summed E-state index contributed by atoms with van der Waals surface area (Å²) in [5, 5.41) is 4.21. The van der Waals surface area contributed by atoms with E-state index in [4.69, 9.17) is 16.3 Å². The number of rotatable bonds is 4. The summed E-state index contributed by atoms with van der Waals surface area (Å²) in [4.78, 5) is 14.8. The molecule has 0 fully saturated rings. The van der Waals surface area contributed by atoms with Crippen LogP contribution in [0.25, 0.3) is 0 Å². The first-order valence-electron chi connectivity index (χ1n) is 4.92. The molecule has 1 aromatic rings. The fourth-order valence-electron chi connectivity index (χ4n) is 1.11.